The average Bonchev–Trinajstić information content (AvgIpc) is 2.22. The summed E-state index contributed by atoms with van der Waals surface area (Å²) in [6.45, 7) is 5.62. The van der Waals surface area contributed by atoms with Crippen molar-refractivity contribution < 1.29 is 4.74 Å². The molecule has 2 nitrogen and oxygen atoms in total. The lowest BCUT2D eigenvalue weighted by Crippen LogP contribution is -2.06. The van der Waals surface area contributed by atoms with E-state index in [0.717, 1.165) is 12.2 Å². The van der Waals surface area contributed by atoms with Crippen molar-refractivity contribution in [3.8, 4) is 0 Å². The van der Waals surface area contributed by atoms with Gasteiger partial charge in [0.2, 0.25) is 0 Å². The lowest BCUT2D eigenvalue weighted by Gasteiger charge is -2.11. The molecule has 0 N–H and O–H groups in total. The number of ether oxygens (including phenoxy) is 1. The molecule has 1 rings (SSSR count). The number of pyridine rings is 1. The van der Waals surface area contributed by atoms with Crippen LogP contribution in [0.25, 0.3) is 0 Å². The van der Waals surface area contributed by atoms with E-state index in [2.05, 4.69) is 18.8 Å². The zero-order valence-corrected chi connectivity index (χ0v) is 11.2. The quantitative estimate of drug-likeness (QED) is 0.711. The molecular weight excluding hydrogens is 245 g/mol. The Bertz CT molecular complexity index is 331. The number of hydrogen-bond donors (Lipinski definition) is 0. The molecule has 0 saturated heterocycles. The number of aromatic nitrogens is 1. The van der Waals surface area contributed by atoms with Crippen LogP contribution in [0.5, 0.6) is 0 Å². The second-order valence-corrected chi connectivity index (χ2v) is 4.80. The third-order valence-electron chi connectivity index (χ3n) is 2.34. The predicted octanol–water partition coefficient (Wildman–Crippen LogP) is 4.34. The van der Waals surface area contributed by atoms with E-state index in [0.29, 0.717) is 22.7 Å². The maximum absolute atomic E-state index is 6.00. The van der Waals surface area contributed by atoms with Crippen molar-refractivity contribution in [3.63, 3.8) is 0 Å². The summed E-state index contributed by atoms with van der Waals surface area (Å²) in [5, 5.41) is 1.02. The third-order valence-corrected chi connectivity index (χ3v) is 2.90. The standard InChI is InChI=1S/C12H17Cl2NO/c1-3-4-9(2)7-16-8-10-6-15-12(14)5-11(10)13/h5-6,9H,3-4,7-8H2,1-2H3. The van der Waals surface area contributed by atoms with Gasteiger partial charge in [-0.15, -0.1) is 0 Å². The summed E-state index contributed by atoms with van der Waals surface area (Å²) in [5.74, 6) is 0.587. The van der Waals surface area contributed by atoms with E-state index >= 15 is 0 Å². The fourth-order valence-electron chi connectivity index (χ4n) is 1.49. The summed E-state index contributed by atoms with van der Waals surface area (Å²) >= 11 is 11.7. The van der Waals surface area contributed by atoms with Gasteiger partial charge in [0, 0.05) is 18.4 Å². The summed E-state index contributed by atoms with van der Waals surface area (Å²) < 4.78 is 5.59. The van der Waals surface area contributed by atoms with Crippen molar-refractivity contribution >= 4 is 23.2 Å². The first-order valence-electron chi connectivity index (χ1n) is 5.51. The van der Waals surface area contributed by atoms with Crippen LogP contribution in [0.4, 0.5) is 0 Å². The SMILES string of the molecule is CCCC(C)COCc1cnc(Cl)cc1Cl. The highest BCUT2D eigenvalue weighted by molar-refractivity contribution is 6.34. The van der Waals surface area contributed by atoms with Crippen molar-refractivity contribution in [2.45, 2.75) is 33.3 Å². The van der Waals surface area contributed by atoms with Crippen LogP contribution in [-0.4, -0.2) is 11.6 Å². The summed E-state index contributed by atoms with van der Waals surface area (Å²) in [4.78, 5) is 3.98. The van der Waals surface area contributed by atoms with Gasteiger partial charge >= 0.3 is 0 Å². The van der Waals surface area contributed by atoms with Gasteiger partial charge in [0.25, 0.3) is 0 Å². The van der Waals surface area contributed by atoms with Crippen LogP contribution in [0.3, 0.4) is 0 Å². The molecule has 0 aromatic carbocycles. The van der Waals surface area contributed by atoms with Crippen LogP contribution in [-0.2, 0) is 11.3 Å². The maximum atomic E-state index is 6.00. The van der Waals surface area contributed by atoms with Gasteiger partial charge in [-0.1, -0.05) is 43.5 Å². The minimum Gasteiger partial charge on any atom is -0.376 e. The molecule has 0 aliphatic carbocycles. The maximum Gasteiger partial charge on any atom is 0.130 e. The minimum atomic E-state index is 0.410. The fraction of sp³-hybridized carbons (Fsp3) is 0.583. The van der Waals surface area contributed by atoms with E-state index in [1.807, 2.05) is 0 Å². The van der Waals surface area contributed by atoms with E-state index in [-0.39, 0.29) is 0 Å². The Morgan fingerprint density at radius 1 is 1.44 bits per heavy atom. The largest absolute Gasteiger partial charge is 0.376 e. The van der Waals surface area contributed by atoms with Crippen molar-refractivity contribution in [1.82, 2.24) is 4.98 Å². The molecular formula is C12H17Cl2NO. The lowest BCUT2D eigenvalue weighted by atomic mass is 10.1. The molecule has 0 radical (unpaired) electrons. The molecule has 1 unspecified atom stereocenters. The highest BCUT2D eigenvalue weighted by Gasteiger charge is 2.04. The molecule has 1 atom stereocenters. The highest BCUT2D eigenvalue weighted by Crippen LogP contribution is 2.19. The van der Waals surface area contributed by atoms with E-state index in [4.69, 9.17) is 27.9 Å². The molecule has 1 aromatic rings. The topological polar surface area (TPSA) is 22.1 Å². The smallest absolute Gasteiger partial charge is 0.130 e. The fourth-order valence-corrected chi connectivity index (χ4v) is 1.91. The molecule has 0 saturated carbocycles. The van der Waals surface area contributed by atoms with Crippen LogP contribution in [0.1, 0.15) is 32.3 Å². The number of nitrogens with zero attached hydrogens (tertiary/aromatic N) is 1. The Hall–Kier alpha value is -0.310. The normalized spacial score (nSPS) is 12.8. The van der Waals surface area contributed by atoms with Gasteiger partial charge in [-0.2, -0.15) is 0 Å². The highest BCUT2D eigenvalue weighted by atomic mass is 35.5. The Kier molecular flexibility index (Phi) is 6.10. The molecule has 0 aliphatic rings. The monoisotopic (exact) mass is 261 g/mol. The minimum absolute atomic E-state index is 0.410. The molecule has 90 valence electrons. The first-order chi connectivity index (χ1) is 7.63. The first kappa shape index (κ1) is 13.8. The van der Waals surface area contributed by atoms with Gasteiger partial charge in [0.15, 0.2) is 0 Å². The lowest BCUT2D eigenvalue weighted by molar-refractivity contribution is 0.0892. The van der Waals surface area contributed by atoms with Crippen LogP contribution in [0.2, 0.25) is 10.2 Å². The van der Waals surface area contributed by atoms with Crippen LogP contribution in [0, 0.1) is 5.92 Å². The second kappa shape index (κ2) is 7.10. The summed E-state index contributed by atoms with van der Waals surface area (Å²) in [5.41, 5.74) is 0.884. The molecule has 1 aromatic heterocycles. The van der Waals surface area contributed by atoms with E-state index in [1.54, 1.807) is 12.3 Å². The summed E-state index contributed by atoms with van der Waals surface area (Å²) in [6, 6.07) is 1.64. The van der Waals surface area contributed by atoms with Gasteiger partial charge in [-0.05, 0) is 18.4 Å². The van der Waals surface area contributed by atoms with Crippen LogP contribution in [0.15, 0.2) is 12.3 Å². The van der Waals surface area contributed by atoms with Crippen LogP contribution >= 0.6 is 23.2 Å². The number of hydrogen-bond acceptors (Lipinski definition) is 2. The van der Waals surface area contributed by atoms with Crippen molar-refractivity contribution in [2.24, 2.45) is 5.92 Å². The number of rotatable bonds is 6. The Morgan fingerprint density at radius 3 is 2.81 bits per heavy atom. The van der Waals surface area contributed by atoms with E-state index in [1.165, 1.54) is 12.8 Å². The molecule has 0 fully saturated rings. The first-order valence-corrected chi connectivity index (χ1v) is 6.26. The summed E-state index contributed by atoms with van der Waals surface area (Å²) in [7, 11) is 0. The van der Waals surface area contributed by atoms with Crippen molar-refractivity contribution in [3.05, 3.63) is 28.0 Å². The molecule has 16 heavy (non-hydrogen) atoms. The molecule has 1 heterocycles. The Labute approximate surface area is 107 Å². The predicted molar refractivity (Wildman–Crippen MR) is 68.0 cm³/mol. The van der Waals surface area contributed by atoms with Gasteiger partial charge in [-0.3, -0.25) is 0 Å². The third kappa shape index (κ3) is 4.69. The van der Waals surface area contributed by atoms with Crippen LogP contribution < -0.4 is 0 Å². The Morgan fingerprint density at radius 2 is 2.19 bits per heavy atom. The Balaban J connectivity index is 2.37. The van der Waals surface area contributed by atoms with Gasteiger partial charge in [0.1, 0.15) is 5.15 Å². The summed E-state index contributed by atoms with van der Waals surface area (Å²) in [6.07, 6.45) is 4.04. The molecule has 4 heteroatoms. The average molecular weight is 262 g/mol. The zero-order chi connectivity index (χ0) is 12.0. The molecule has 0 amide bonds. The van der Waals surface area contributed by atoms with Crippen molar-refractivity contribution in [1.29, 1.82) is 0 Å². The molecule has 0 aliphatic heterocycles. The van der Waals surface area contributed by atoms with Gasteiger partial charge in [0.05, 0.1) is 11.6 Å². The molecule has 0 bridgehead atoms. The van der Waals surface area contributed by atoms with Crippen molar-refractivity contribution in [2.75, 3.05) is 6.61 Å². The van der Waals surface area contributed by atoms with Gasteiger partial charge in [-0.25, -0.2) is 4.98 Å². The zero-order valence-electron chi connectivity index (χ0n) is 9.67. The van der Waals surface area contributed by atoms with E-state index < -0.39 is 0 Å². The molecule has 0 spiro atoms. The number of halogens is 2. The second-order valence-electron chi connectivity index (χ2n) is 4.01. The van der Waals surface area contributed by atoms with Gasteiger partial charge < -0.3 is 4.74 Å². The van der Waals surface area contributed by atoms with E-state index in [9.17, 15) is 0 Å².